The summed E-state index contributed by atoms with van der Waals surface area (Å²) >= 11 is 0. The molecule has 2 aromatic carbocycles. The van der Waals surface area contributed by atoms with Crippen molar-refractivity contribution in [2.24, 2.45) is 0 Å². The van der Waals surface area contributed by atoms with Crippen molar-refractivity contribution in [3.8, 4) is 11.5 Å². The predicted molar refractivity (Wildman–Crippen MR) is 98.1 cm³/mol. The Morgan fingerprint density at radius 2 is 1.96 bits per heavy atom. The van der Waals surface area contributed by atoms with E-state index in [2.05, 4.69) is 11.0 Å². The van der Waals surface area contributed by atoms with E-state index in [1.54, 1.807) is 12.1 Å². The van der Waals surface area contributed by atoms with Crippen LogP contribution in [0.2, 0.25) is 0 Å². The molecule has 0 spiro atoms. The van der Waals surface area contributed by atoms with Gasteiger partial charge in [0.25, 0.3) is 0 Å². The number of carboxylic acids is 1. The number of likely N-dealkylation sites (tertiary alicyclic amines) is 1. The monoisotopic (exact) mass is 353 g/mol. The first kappa shape index (κ1) is 16.9. The molecule has 1 unspecified atom stereocenters. The largest absolute Gasteiger partial charge is 0.486 e. The van der Waals surface area contributed by atoms with Crippen molar-refractivity contribution in [3.63, 3.8) is 0 Å². The lowest BCUT2D eigenvalue weighted by Crippen LogP contribution is -2.27. The lowest BCUT2D eigenvalue weighted by atomic mass is 10.0. The molecule has 0 aliphatic carbocycles. The molecule has 2 aromatic rings. The van der Waals surface area contributed by atoms with Crippen LogP contribution in [0, 0.1) is 0 Å². The third-order valence-electron chi connectivity index (χ3n) is 5.24. The summed E-state index contributed by atoms with van der Waals surface area (Å²) in [4.78, 5) is 13.9. The number of nitrogens with zero attached hydrogens (tertiary/aromatic N) is 1. The summed E-state index contributed by atoms with van der Waals surface area (Å²) in [6, 6.07) is 13.7. The molecule has 0 bridgehead atoms. The fourth-order valence-electron chi connectivity index (χ4n) is 4.02. The second-order valence-corrected chi connectivity index (χ2v) is 6.78. The van der Waals surface area contributed by atoms with Crippen molar-refractivity contribution in [1.82, 2.24) is 4.90 Å². The van der Waals surface area contributed by atoms with Gasteiger partial charge in [-0.3, -0.25) is 4.90 Å². The van der Waals surface area contributed by atoms with Gasteiger partial charge in [-0.2, -0.15) is 0 Å². The summed E-state index contributed by atoms with van der Waals surface area (Å²) in [5.41, 5.74) is 2.48. The highest BCUT2D eigenvalue weighted by atomic mass is 16.6. The van der Waals surface area contributed by atoms with Gasteiger partial charge in [-0.05, 0) is 43.5 Å². The third-order valence-corrected chi connectivity index (χ3v) is 5.24. The van der Waals surface area contributed by atoms with E-state index in [0.717, 1.165) is 49.4 Å². The second kappa shape index (κ2) is 7.38. The van der Waals surface area contributed by atoms with Gasteiger partial charge in [0.2, 0.25) is 0 Å². The second-order valence-electron chi connectivity index (χ2n) is 6.78. The van der Waals surface area contributed by atoms with Crippen LogP contribution in [0.1, 0.15) is 40.4 Å². The highest BCUT2D eigenvalue weighted by Crippen LogP contribution is 2.42. The molecule has 4 rings (SSSR count). The molecule has 136 valence electrons. The van der Waals surface area contributed by atoms with Gasteiger partial charge in [0, 0.05) is 18.2 Å². The number of fused-ring (bicyclic) bond motifs is 1. The van der Waals surface area contributed by atoms with Crippen LogP contribution >= 0.6 is 0 Å². The lowest BCUT2D eigenvalue weighted by Gasteiger charge is -2.29. The smallest absolute Gasteiger partial charge is 0.335 e. The van der Waals surface area contributed by atoms with Gasteiger partial charge >= 0.3 is 5.97 Å². The number of para-hydroxylation sites is 1. The van der Waals surface area contributed by atoms with E-state index < -0.39 is 5.97 Å². The fourth-order valence-corrected chi connectivity index (χ4v) is 4.02. The molecule has 1 N–H and O–H groups in total. The van der Waals surface area contributed by atoms with Crippen LogP contribution in [-0.4, -0.2) is 42.3 Å². The van der Waals surface area contributed by atoms with Gasteiger partial charge in [0.15, 0.2) is 11.5 Å². The molecule has 2 heterocycles. The summed E-state index contributed by atoms with van der Waals surface area (Å²) < 4.78 is 11.6. The summed E-state index contributed by atoms with van der Waals surface area (Å²) in [5, 5.41) is 9.38. The van der Waals surface area contributed by atoms with Crippen molar-refractivity contribution in [1.29, 1.82) is 0 Å². The molecule has 26 heavy (non-hydrogen) atoms. The molecule has 5 heteroatoms. The number of carbonyl (C=O) groups is 1. The van der Waals surface area contributed by atoms with E-state index in [4.69, 9.17) is 9.47 Å². The summed E-state index contributed by atoms with van der Waals surface area (Å²) in [7, 11) is 0. The Labute approximate surface area is 153 Å². The standard InChI is InChI=1S/C21H23NO4/c23-21(24)16-6-2-1-5-15(16)10-12-22-11-4-8-18(22)17-7-3-9-19-20(17)26-14-13-25-19/h1-3,5-7,9,18H,4,8,10-14H2,(H,23,24). The predicted octanol–water partition coefficient (Wildman–Crippen LogP) is 3.54. The summed E-state index contributed by atoms with van der Waals surface area (Å²) in [6.07, 6.45) is 2.95. The van der Waals surface area contributed by atoms with Crippen LogP contribution in [0.3, 0.4) is 0 Å². The first-order valence-electron chi connectivity index (χ1n) is 9.18. The van der Waals surface area contributed by atoms with E-state index in [1.807, 2.05) is 24.3 Å². The summed E-state index contributed by atoms with van der Waals surface area (Å²) in [6.45, 7) is 3.03. The average molecular weight is 353 g/mol. The van der Waals surface area contributed by atoms with Gasteiger partial charge in [-0.1, -0.05) is 30.3 Å². The molecule has 0 aromatic heterocycles. The van der Waals surface area contributed by atoms with E-state index in [9.17, 15) is 9.90 Å². The quantitative estimate of drug-likeness (QED) is 0.891. The molecule has 5 nitrogen and oxygen atoms in total. The van der Waals surface area contributed by atoms with E-state index in [-0.39, 0.29) is 0 Å². The van der Waals surface area contributed by atoms with E-state index in [0.29, 0.717) is 24.8 Å². The number of hydrogen-bond acceptors (Lipinski definition) is 4. The molecule has 0 amide bonds. The van der Waals surface area contributed by atoms with Crippen molar-refractivity contribution < 1.29 is 19.4 Å². The Balaban J connectivity index is 1.53. The maximum Gasteiger partial charge on any atom is 0.335 e. The topological polar surface area (TPSA) is 59.0 Å². The molecular weight excluding hydrogens is 330 g/mol. The molecule has 2 aliphatic heterocycles. The minimum atomic E-state index is -0.860. The number of ether oxygens (including phenoxy) is 2. The van der Waals surface area contributed by atoms with Gasteiger partial charge in [0.1, 0.15) is 13.2 Å². The van der Waals surface area contributed by atoms with Gasteiger partial charge in [-0.25, -0.2) is 4.79 Å². The van der Waals surface area contributed by atoms with Crippen LogP contribution in [-0.2, 0) is 6.42 Å². The van der Waals surface area contributed by atoms with Crippen molar-refractivity contribution in [3.05, 3.63) is 59.2 Å². The summed E-state index contributed by atoms with van der Waals surface area (Å²) in [5.74, 6) is 0.847. The Morgan fingerprint density at radius 1 is 1.12 bits per heavy atom. The van der Waals surface area contributed by atoms with Crippen molar-refractivity contribution in [2.75, 3.05) is 26.3 Å². The number of hydrogen-bond donors (Lipinski definition) is 1. The Kier molecular flexibility index (Phi) is 4.80. The fraction of sp³-hybridized carbons (Fsp3) is 0.381. The van der Waals surface area contributed by atoms with Gasteiger partial charge in [-0.15, -0.1) is 0 Å². The maximum absolute atomic E-state index is 11.4. The number of benzene rings is 2. The zero-order valence-electron chi connectivity index (χ0n) is 14.7. The molecular formula is C21H23NO4. The molecule has 0 radical (unpaired) electrons. The minimum Gasteiger partial charge on any atom is -0.486 e. The Morgan fingerprint density at radius 3 is 2.85 bits per heavy atom. The van der Waals surface area contributed by atoms with Crippen LogP contribution in [0.25, 0.3) is 0 Å². The minimum absolute atomic E-state index is 0.295. The van der Waals surface area contributed by atoms with Crippen molar-refractivity contribution in [2.45, 2.75) is 25.3 Å². The molecule has 1 saturated heterocycles. The Bertz CT molecular complexity index is 804. The lowest BCUT2D eigenvalue weighted by molar-refractivity contribution is 0.0695. The highest BCUT2D eigenvalue weighted by molar-refractivity contribution is 5.89. The van der Waals surface area contributed by atoms with E-state index in [1.165, 1.54) is 5.56 Å². The van der Waals surface area contributed by atoms with Gasteiger partial charge < -0.3 is 14.6 Å². The van der Waals surface area contributed by atoms with Crippen LogP contribution < -0.4 is 9.47 Å². The first-order chi connectivity index (χ1) is 12.7. The molecule has 0 saturated carbocycles. The van der Waals surface area contributed by atoms with Crippen molar-refractivity contribution >= 4 is 5.97 Å². The number of carboxylic acid groups (broad SMARTS) is 1. The SMILES string of the molecule is O=C(O)c1ccccc1CCN1CCCC1c1cccc2c1OCCO2. The van der Waals surface area contributed by atoms with Crippen LogP contribution in [0.5, 0.6) is 11.5 Å². The highest BCUT2D eigenvalue weighted by Gasteiger charge is 2.30. The molecule has 2 aliphatic rings. The zero-order chi connectivity index (χ0) is 17.9. The zero-order valence-corrected chi connectivity index (χ0v) is 14.7. The van der Waals surface area contributed by atoms with Gasteiger partial charge in [0.05, 0.1) is 5.56 Å². The third kappa shape index (κ3) is 3.27. The van der Waals surface area contributed by atoms with Crippen LogP contribution in [0.15, 0.2) is 42.5 Å². The molecule has 1 atom stereocenters. The first-order valence-corrected chi connectivity index (χ1v) is 9.18. The normalized spacial score (nSPS) is 19.5. The van der Waals surface area contributed by atoms with E-state index >= 15 is 0 Å². The van der Waals surface area contributed by atoms with Crippen LogP contribution in [0.4, 0.5) is 0 Å². The number of aromatic carboxylic acids is 1. The Hall–Kier alpha value is -2.53. The maximum atomic E-state index is 11.4. The number of rotatable bonds is 5. The molecule has 1 fully saturated rings. The average Bonchev–Trinajstić information content (AvgIpc) is 3.14.